The van der Waals surface area contributed by atoms with Gasteiger partial charge in [0.2, 0.25) is 10.0 Å². The first kappa shape index (κ1) is 19.2. The average molecular weight is 411 g/mol. The van der Waals surface area contributed by atoms with Crippen LogP contribution in [0.5, 0.6) is 0 Å². The van der Waals surface area contributed by atoms with Gasteiger partial charge in [-0.1, -0.05) is 11.6 Å². The summed E-state index contributed by atoms with van der Waals surface area (Å²) in [6.07, 6.45) is 4.07. The van der Waals surface area contributed by atoms with Gasteiger partial charge in [0.05, 0.1) is 15.5 Å². The van der Waals surface area contributed by atoms with E-state index in [9.17, 15) is 13.2 Å². The number of amides is 1. The van der Waals surface area contributed by atoms with E-state index in [4.69, 9.17) is 11.6 Å². The quantitative estimate of drug-likeness (QED) is 0.676. The van der Waals surface area contributed by atoms with Crippen LogP contribution < -0.4 is 10.0 Å². The van der Waals surface area contributed by atoms with Crippen molar-refractivity contribution in [3.05, 3.63) is 53.1 Å². The third kappa shape index (κ3) is 4.79. The second-order valence-electron chi connectivity index (χ2n) is 6.12. The molecule has 1 fully saturated rings. The molecule has 138 valence electrons. The third-order valence-electron chi connectivity index (χ3n) is 4.10. The predicted molar refractivity (Wildman–Crippen MR) is 106 cm³/mol. The second kappa shape index (κ2) is 8.00. The molecule has 1 aliphatic carbocycles. The second-order valence-corrected chi connectivity index (χ2v) is 9.17. The Bertz CT molecular complexity index is 911. The molecule has 5 nitrogen and oxygen atoms in total. The van der Waals surface area contributed by atoms with Gasteiger partial charge in [-0.3, -0.25) is 4.79 Å². The molecular formula is C18H19ClN2O3S2. The van der Waals surface area contributed by atoms with Crippen molar-refractivity contribution in [1.29, 1.82) is 0 Å². The molecule has 2 aromatic rings. The van der Waals surface area contributed by atoms with Crippen molar-refractivity contribution >= 4 is 45.0 Å². The zero-order valence-electron chi connectivity index (χ0n) is 14.2. The van der Waals surface area contributed by atoms with E-state index >= 15 is 0 Å². The van der Waals surface area contributed by atoms with E-state index in [1.165, 1.54) is 23.9 Å². The van der Waals surface area contributed by atoms with Gasteiger partial charge in [-0.2, -0.15) is 0 Å². The highest BCUT2D eigenvalue weighted by Crippen LogP contribution is 2.28. The molecule has 1 aliphatic rings. The molecule has 2 aromatic carbocycles. The molecule has 0 atom stereocenters. The summed E-state index contributed by atoms with van der Waals surface area (Å²) in [6, 6.07) is 11.3. The Morgan fingerprint density at radius 1 is 1.19 bits per heavy atom. The third-order valence-corrected chi connectivity index (χ3v) is 6.59. The van der Waals surface area contributed by atoms with Gasteiger partial charge in [0, 0.05) is 17.1 Å². The van der Waals surface area contributed by atoms with E-state index in [0.29, 0.717) is 28.7 Å². The van der Waals surface area contributed by atoms with Gasteiger partial charge >= 0.3 is 0 Å². The minimum Gasteiger partial charge on any atom is -0.322 e. The zero-order valence-corrected chi connectivity index (χ0v) is 16.5. The molecule has 3 rings (SSSR count). The normalized spacial score (nSPS) is 14.2. The molecule has 26 heavy (non-hydrogen) atoms. The number of hydrogen-bond donors (Lipinski definition) is 2. The Morgan fingerprint density at radius 2 is 1.88 bits per heavy atom. The smallest absolute Gasteiger partial charge is 0.257 e. The molecule has 2 N–H and O–H groups in total. The molecule has 0 bridgehead atoms. The standard InChI is InChI=1S/C18H19ClN2O3S2/c1-25-14-6-9-17(19)16(10-14)18(22)21-13-4-7-15(8-5-13)26(23,24)20-11-12-2-3-12/h4-10,12,20H,2-3,11H2,1H3,(H,21,22). The van der Waals surface area contributed by atoms with Gasteiger partial charge in [-0.25, -0.2) is 13.1 Å². The maximum Gasteiger partial charge on any atom is 0.257 e. The number of benzene rings is 2. The van der Waals surface area contributed by atoms with Crippen LogP contribution >= 0.6 is 23.4 Å². The highest BCUT2D eigenvalue weighted by Gasteiger charge is 2.24. The number of sulfonamides is 1. The van der Waals surface area contributed by atoms with Gasteiger partial charge in [0.1, 0.15) is 0 Å². The van der Waals surface area contributed by atoms with Crippen molar-refractivity contribution in [2.45, 2.75) is 22.6 Å². The predicted octanol–water partition coefficient (Wildman–Crippen LogP) is 4.00. The summed E-state index contributed by atoms with van der Waals surface area (Å²) in [5.41, 5.74) is 0.878. The van der Waals surface area contributed by atoms with E-state index in [1.807, 2.05) is 12.3 Å². The number of rotatable bonds is 7. The first-order valence-corrected chi connectivity index (χ1v) is 11.2. The van der Waals surface area contributed by atoms with Crippen molar-refractivity contribution in [3.63, 3.8) is 0 Å². The van der Waals surface area contributed by atoms with Crippen molar-refractivity contribution in [1.82, 2.24) is 4.72 Å². The van der Waals surface area contributed by atoms with Crippen LogP contribution in [0.15, 0.2) is 52.3 Å². The minimum atomic E-state index is -3.52. The number of anilines is 1. The SMILES string of the molecule is CSc1ccc(Cl)c(C(=O)Nc2ccc(S(=O)(=O)NCC3CC3)cc2)c1. The summed E-state index contributed by atoms with van der Waals surface area (Å²) in [5, 5.41) is 3.11. The molecule has 0 unspecified atom stereocenters. The Hall–Kier alpha value is -1.54. The summed E-state index contributed by atoms with van der Waals surface area (Å²) in [4.78, 5) is 13.5. The topological polar surface area (TPSA) is 75.3 Å². The van der Waals surface area contributed by atoms with Crippen LogP contribution in [-0.2, 0) is 10.0 Å². The van der Waals surface area contributed by atoms with E-state index in [1.54, 1.807) is 24.3 Å². The molecule has 0 heterocycles. The highest BCUT2D eigenvalue weighted by atomic mass is 35.5. The number of halogens is 1. The number of nitrogens with one attached hydrogen (secondary N) is 2. The maximum absolute atomic E-state index is 12.4. The molecular weight excluding hydrogens is 392 g/mol. The summed E-state index contributed by atoms with van der Waals surface area (Å²) in [5.74, 6) is 0.124. The molecule has 0 aromatic heterocycles. The zero-order chi connectivity index (χ0) is 18.7. The number of thioether (sulfide) groups is 1. The Balaban J connectivity index is 1.69. The molecule has 8 heteroatoms. The lowest BCUT2D eigenvalue weighted by molar-refractivity contribution is 0.102. The van der Waals surface area contributed by atoms with Crippen LogP contribution in [0.3, 0.4) is 0 Å². The fourth-order valence-electron chi connectivity index (χ4n) is 2.35. The van der Waals surface area contributed by atoms with Crippen LogP contribution in [0.4, 0.5) is 5.69 Å². The van der Waals surface area contributed by atoms with E-state index < -0.39 is 10.0 Å². The Labute approximate surface area is 162 Å². The van der Waals surface area contributed by atoms with E-state index in [-0.39, 0.29) is 10.8 Å². The van der Waals surface area contributed by atoms with Crippen LogP contribution in [0.25, 0.3) is 0 Å². The van der Waals surface area contributed by atoms with Gasteiger partial charge in [-0.05, 0) is 67.5 Å². The van der Waals surface area contributed by atoms with Gasteiger partial charge in [0.25, 0.3) is 5.91 Å². The lowest BCUT2D eigenvalue weighted by Crippen LogP contribution is -2.25. The van der Waals surface area contributed by atoms with Crippen molar-refractivity contribution in [2.24, 2.45) is 5.92 Å². The summed E-state index contributed by atoms with van der Waals surface area (Å²) in [7, 11) is -3.52. The van der Waals surface area contributed by atoms with Crippen LogP contribution in [-0.4, -0.2) is 27.1 Å². The van der Waals surface area contributed by atoms with Crippen LogP contribution in [0.1, 0.15) is 23.2 Å². The summed E-state index contributed by atoms with van der Waals surface area (Å²) >= 11 is 7.63. The lowest BCUT2D eigenvalue weighted by Gasteiger charge is -2.10. The summed E-state index contributed by atoms with van der Waals surface area (Å²) in [6.45, 7) is 0.477. The largest absolute Gasteiger partial charge is 0.322 e. The van der Waals surface area contributed by atoms with Gasteiger partial charge < -0.3 is 5.32 Å². The van der Waals surface area contributed by atoms with Crippen molar-refractivity contribution in [3.8, 4) is 0 Å². The fraction of sp³-hybridized carbons (Fsp3) is 0.278. The van der Waals surface area contributed by atoms with E-state index in [2.05, 4.69) is 10.0 Å². The first-order chi connectivity index (χ1) is 12.4. The molecule has 0 saturated heterocycles. The first-order valence-electron chi connectivity index (χ1n) is 8.13. The van der Waals surface area contributed by atoms with Crippen molar-refractivity contribution < 1.29 is 13.2 Å². The van der Waals surface area contributed by atoms with Crippen LogP contribution in [0.2, 0.25) is 5.02 Å². The molecule has 0 radical (unpaired) electrons. The Kier molecular flexibility index (Phi) is 5.92. The molecule has 0 aliphatic heterocycles. The number of carbonyl (C=O) groups excluding carboxylic acids is 1. The molecule has 0 spiro atoms. The minimum absolute atomic E-state index is 0.179. The Morgan fingerprint density at radius 3 is 2.50 bits per heavy atom. The fourth-order valence-corrected chi connectivity index (χ4v) is 4.11. The average Bonchev–Trinajstić information content (AvgIpc) is 3.45. The van der Waals surface area contributed by atoms with Gasteiger partial charge in [-0.15, -0.1) is 11.8 Å². The maximum atomic E-state index is 12.4. The number of carbonyl (C=O) groups is 1. The van der Waals surface area contributed by atoms with Crippen molar-refractivity contribution in [2.75, 3.05) is 18.1 Å². The van der Waals surface area contributed by atoms with Gasteiger partial charge in [0.15, 0.2) is 0 Å². The van der Waals surface area contributed by atoms with Crippen LogP contribution in [0, 0.1) is 5.92 Å². The van der Waals surface area contributed by atoms with E-state index in [0.717, 1.165) is 17.7 Å². The lowest BCUT2D eigenvalue weighted by atomic mass is 10.2. The highest BCUT2D eigenvalue weighted by molar-refractivity contribution is 7.98. The monoisotopic (exact) mass is 410 g/mol. The molecule has 1 saturated carbocycles. The summed E-state index contributed by atoms with van der Waals surface area (Å²) < 4.78 is 27.0. The number of hydrogen-bond acceptors (Lipinski definition) is 4. The molecule has 1 amide bonds.